The van der Waals surface area contributed by atoms with E-state index in [2.05, 4.69) is 50.7 Å². The number of carbonyl (C=O) groups is 1. The SMILES string of the molecule is O=C(O)c1ccccc1Nc1c(SN2CCOCC2)cnc2ccc(-n3ccc4ccccc43)cc12. The Morgan fingerprint density at radius 1 is 1.00 bits per heavy atom. The number of para-hydroxylation sites is 2. The summed E-state index contributed by atoms with van der Waals surface area (Å²) in [5.41, 5.74) is 4.55. The van der Waals surface area contributed by atoms with Crippen LogP contribution in [0.15, 0.2) is 90.1 Å². The van der Waals surface area contributed by atoms with Gasteiger partial charge in [-0.15, -0.1) is 0 Å². The van der Waals surface area contributed by atoms with Crippen molar-refractivity contribution in [1.82, 2.24) is 13.9 Å². The molecule has 1 aliphatic heterocycles. The summed E-state index contributed by atoms with van der Waals surface area (Å²) in [7, 11) is 0. The third-order valence-electron chi connectivity index (χ3n) is 6.31. The monoisotopic (exact) mass is 496 g/mol. The van der Waals surface area contributed by atoms with Crippen molar-refractivity contribution >= 4 is 51.1 Å². The molecule has 0 unspecified atom stereocenters. The van der Waals surface area contributed by atoms with Crippen molar-refractivity contribution < 1.29 is 14.6 Å². The van der Waals surface area contributed by atoms with Crippen molar-refractivity contribution in [1.29, 1.82) is 0 Å². The Morgan fingerprint density at radius 2 is 1.81 bits per heavy atom. The minimum atomic E-state index is -0.974. The number of anilines is 2. The number of ether oxygens (including phenoxy) is 1. The standard InChI is InChI=1S/C28H24N4O3S/c33-28(34)21-6-2-3-7-24(21)30-27-22-17-20(32-12-11-19-5-1-4-8-25(19)32)9-10-23(22)29-18-26(27)36-31-13-15-35-16-14-31/h1-12,17-18H,13-16H2,(H,29,30)(H,33,34). The second-order valence-corrected chi connectivity index (χ2v) is 9.69. The maximum atomic E-state index is 11.9. The van der Waals surface area contributed by atoms with E-state index in [1.165, 1.54) is 5.39 Å². The lowest BCUT2D eigenvalue weighted by Gasteiger charge is -2.26. The van der Waals surface area contributed by atoms with Crippen molar-refractivity contribution in [2.75, 3.05) is 31.6 Å². The molecule has 0 saturated carbocycles. The third kappa shape index (κ3) is 4.30. The maximum Gasteiger partial charge on any atom is 0.337 e. The van der Waals surface area contributed by atoms with E-state index in [1.54, 1.807) is 30.1 Å². The molecule has 0 atom stereocenters. The van der Waals surface area contributed by atoms with Gasteiger partial charge in [0.1, 0.15) is 0 Å². The van der Waals surface area contributed by atoms with Crippen LogP contribution >= 0.6 is 11.9 Å². The van der Waals surface area contributed by atoms with E-state index in [0.717, 1.165) is 45.8 Å². The molecule has 0 bridgehead atoms. The maximum absolute atomic E-state index is 11.9. The summed E-state index contributed by atoms with van der Waals surface area (Å²) in [6.07, 6.45) is 3.93. The Kier molecular flexibility index (Phi) is 6.06. The van der Waals surface area contributed by atoms with Gasteiger partial charge in [-0.2, -0.15) is 0 Å². The Bertz CT molecular complexity index is 1580. The summed E-state index contributed by atoms with van der Waals surface area (Å²) in [6, 6.07) is 23.5. The molecule has 6 rings (SSSR count). The van der Waals surface area contributed by atoms with Crippen molar-refractivity contribution in [2.24, 2.45) is 0 Å². The molecule has 3 aromatic carbocycles. The first-order valence-corrected chi connectivity index (χ1v) is 12.5. The predicted molar refractivity (Wildman–Crippen MR) is 144 cm³/mol. The van der Waals surface area contributed by atoms with E-state index in [0.29, 0.717) is 18.9 Å². The topological polar surface area (TPSA) is 79.6 Å². The Labute approximate surface area is 212 Å². The number of nitrogens with zero attached hydrogens (tertiary/aromatic N) is 3. The van der Waals surface area contributed by atoms with E-state index >= 15 is 0 Å². The third-order valence-corrected chi connectivity index (χ3v) is 7.44. The second-order valence-electron chi connectivity index (χ2n) is 8.55. The van der Waals surface area contributed by atoms with E-state index in [4.69, 9.17) is 9.72 Å². The molecule has 1 fully saturated rings. The number of nitrogens with one attached hydrogen (secondary N) is 1. The first-order chi connectivity index (χ1) is 17.7. The lowest BCUT2D eigenvalue weighted by atomic mass is 10.1. The van der Waals surface area contributed by atoms with Crippen LogP contribution in [0.4, 0.5) is 11.4 Å². The Morgan fingerprint density at radius 3 is 2.67 bits per heavy atom. The van der Waals surface area contributed by atoms with Gasteiger partial charge in [0.15, 0.2) is 0 Å². The molecule has 2 N–H and O–H groups in total. The van der Waals surface area contributed by atoms with Crippen LogP contribution in [0.5, 0.6) is 0 Å². The fourth-order valence-electron chi connectivity index (χ4n) is 4.51. The summed E-state index contributed by atoms with van der Waals surface area (Å²) in [5.74, 6) is -0.974. The molecule has 1 aliphatic rings. The van der Waals surface area contributed by atoms with Crippen LogP contribution < -0.4 is 5.32 Å². The first kappa shape index (κ1) is 22.6. The number of benzene rings is 3. The van der Waals surface area contributed by atoms with Gasteiger partial charge in [0.05, 0.1) is 46.1 Å². The van der Waals surface area contributed by atoms with Gasteiger partial charge in [-0.1, -0.05) is 30.3 Å². The number of hydrogen-bond acceptors (Lipinski definition) is 6. The van der Waals surface area contributed by atoms with Crippen LogP contribution in [0.25, 0.3) is 27.5 Å². The summed E-state index contributed by atoms with van der Waals surface area (Å²) >= 11 is 1.62. The molecule has 180 valence electrons. The van der Waals surface area contributed by atoms with Crippen molar-refractivity contribution in [2.45, 2.75) is 4.90 Å². The molecule has 1 saturated heterocycles. The van der Waals surface area contributed by atoms with Gasteiger partial charge in [-0.05, 0) is 59.8 Å². The summed E-state index contributed by atoms with van der Waals surface area (Å²) in [5, 5.41) is 15.3. The quantitative estimate of drug-likeness (QED) is 0.281. The fourth-order valence-corrected chi connectivity index (χ4v) is 5.47. The van der Waals surface area contributed by atoms with Gasteiger partial charge >= 0.3 is 5.97 Å². The number of rotatable bonds is 6. The lowest BCUT2D eigenvalue weighted by Crippen LogP contribution is -2.31. The van der Waals surface area contributed by atoms with Crippen LogP contribution in [0.1, 0.15) is 10.4 Å². The zero-order chi connectivity index (χ0) is 24.5. The highest BCUT2D eigenvalue weighted by Gasteiger charge is 2.19. The van der Waals surface area contributed by atoms with Crippen LogP contribution in [0.2, 0.25) is 0 Å². The highest BCUT2D eigenvalue weighted by atomic mass is 32.2. The van der Waals surface area contributed by atoms with Crippen LogP contribution in [-0.4, -0.2) is 51.2 Å². The van der Waals surface area contributed by atoms with Gasteiger partial charge in [-0.3, -0.25) is 4.98 Å². The van der Waals surface area contributed by atoms with Crippen molar-refractivity contribution in [3.05, 3.63) is 90.8 Å². The van der Waals surface area contributed by atoms with Gasteiger partial charge in [0.25, 0.3) is 0 Å². The fraction of sp³-hybridized carbons (Fsp3) is 0.143. The molecule has 0 spiro atoms. The van der Waals surface area contributed by atoms with Gasteiger partial charge < -0.3 is 19.7 Å². The van der Waals surface area contributed by atoms with E-state index in [9.17, 15) is 9.90 Å². The lowest BCUT2D eigenvalue weighted by molar-refractivity contribution is 0.0698. The predicted octanol–water partition coefficient (Wildman–Crippen LogP) is 5.96. The van der Waals surface area contributed by atoms with Gasteiger partial charge in [-0.25, -0.2) is 9.10 Å². The number of aromatic carboxylic acids is 1. The molecular weight excluding hydrogens is 472 g/mol. The molecular formula is C28H24N4O3S. The smallest absolute Gasteiger partial charge is 0.337 e. The molecule has 0 amide bonds. The van der Waals surface area contributed by atoms with Gasteiger partial charge in [0.2, 0.25) is 0 Å². The largest absolute Gasteiger partial charge is 0.478 e. The highest BCUT2D eigenvalue weighted by Crippen LogP contribution is 2.38. The second kappa shape index (κ2) is 9.66. The van der Waals surface area contributed by atoms with E-state index in [-0.39, 0.29) is 5.56 Å². The van der Waals surface area contributed by atoms with Crippen LogP contribution in [0.3, 0.4) is 0 Å². The van der Waals surface area contributed by atoms with Gasteiger partial charge in [0, 0.05) is 36.6 Å². The minimum Gasteiger partial charge on any atom is -0.478 e. The molecule has 3 heterocycles. The summed E-state index contributed by atoms with van der Waals surface area (Å²) in [6.45, 7) is 2.99. The number of fused-ring (bicyclic) bond motifs is 2. The molecule has 2 aromatic heterocycles. The molecule has 5 aromatic rings. The zero-order valence-corrected chi connectivity index (χ0v) is 20.2. The number of morpholine rings is 1. The number of pyridine rings is 1. The Hall–Kier alpha value is -3.85. The Balaban J connectivity index is 1.51. The molecule has 0 radical (unpaired) electrons. The average Bonchev–Trinajstić information content (AvgIpc) is 3.35. The number of aromatic nitrogens is 2. The van der Waals surface area contributed by atoms with Crippen LogP contribution in [-0.2, 0) is 4.74 Å². The highest BCUT2D eigenvalue weighted by molar-refractivity contribution is 7.97. The van der Waals surface area contributed by atoms with Crippen LogP contribution in [0, 0.1) is 0 Å². The molecule has 8 heteroatoms. The normalized spacial score (nSPS) is 14.3. The minimum absolute atomic E-state index is 0.220. The van der Waals surface area contributed by atoms with Crippen molar-refractivity contribution in [3.8, 4) is 5.69 Å². The van der Waals surface area contributed by atoms with Crippen molar-refractivity contribution in [3.63, 3.8) is 0 Å². The summed E-state index contributed by atoms with van der Waals surface area (Å²) in [4.78, 5) is 17.6. The average molecular weight is 497 g/mol. The molecule has 7 nitrogen and oxygen atoms in total. The molecule has 36 heavy (non-hydrogen) atoms. The van der Waals surface area contributed by atoms with E-state index < -0.39 is 5.97 Å². The number of carboxylic acids is 1. The van der Waals surface area contributed by atoms with E-state index in [1.807, 2.05) is 30.5 Å². The summed E-state index contributed by atoms with van der Waals surface area (Å²) < 4.78 is 9.93. The number of hydrogen-bond donors (Lipinski definition) is 2. The molecule has 0 aliphatic carbocycles. The first-order valence-electron chi connectivity index (χ1n) is 11.8. The number of carboxylic acid groups (broad SMARTS) is 1. The zero-order valence-electron chi connectivity index (χ0n) is 19.4.